The Morgan fingerprint density at radius 3 is 2.54 bits per heavy atom. The van der Waals surface area contributed by atoms with E-state index in [0.717, 1.165) is 46.2 Å². The van der Waals surface area contributed by atoms with Crippen molar-refractivity contribution in [3.63, 3.8) is 0 Å². The molecule has 0 unspecified atom stereocenters. The van der Waals surface area contributed by atoms with E-state index in [1.54, 1.807) is 11.3 Å². The molecule has 2 aromatic heterocycles. The van der Waals surface area contributed by atoms with Crippen LogP contribution >= 0.6 is 11.3 Å². The van der Waals surface area contributed by atoms with Gasteiger partial charge in [-0.15, -0.1) is 11.3 Å². The number of likely N-dealkylation sites (tertiary alicyclic amines) is 1. The van der Waals surface area contributed by atoms with Crippen molar-refractivity contribution in [1.82, 2.24) is 14.5 Å². The first-order valence-corrected chi connectivity index (χ1v) is 13.4. The predicted molar refractivity (Wildman–Crippen MR) is 140 cm³/mol. The van der Waals surface area contributed by atoms with Crippen molar-refractivity contribution in [3.8, 4) is 22.0 Å². The number of rotatable bonds is 8. The molecule has 0 saturated carbocycles. The van der Waals surface area contributed by atoms with Crippen LogP contribution < -0.4 is 0 Å². The summed E-state index contributed by atoms with van der Waals surface area (Å²) in [7, 11) is 0. The van der Waals surface area contributed by atoms with E-state index in [2.05, 4.69) is 35.9 Å². The third kappa shape index (κ3) is 5.67. The first-order valence-electron chi connectivity index (χ1n) is 12.6. The Morgan fingerprint density at radius 2 is 1.89 bits per heavy atom. The maximum Gasteiger partial charge on any atom is 0.309 e. The number of amides is 1. The molecule has 1 amide bonds. The molecule has 0 radical (unpaired) electrons. The average molecular weight is 494 g/mol. The highest BCUT2D eigenvalue weighted by atomic mass is 32.1. The van der Waals surface area contributed by atoms with Gasteiger partial charge in [0.15, 0.2) is 0 Å². The minimum atomic E-state index is -0.143. The molecule has 1 fully saturated rings. The molecule has 0 spiro atoms. The van der Waals surface area contributed by atoms with Gasteiger partial charge in [0.1, 0.15) is 5.01 Å². The SMILES string of the molecule is CCOC(=O)C1CCN(C(=O)c2cc(-c3csc(-c4ccccc4)n3)n(CCC(C)C)c2C)CC1. The van der Waals surface area contributed by atoms with Crippen LogP contribution in [0.5, 0.6) is 0 Å². The zero-order chi connectivity index (χ0) is 24.9. The molecule has 186 valence electrons. The van der Waals surface area contributed by atoms with E-state index >= 15 is 0 Å². The normalized spacial score (nSPS) is 14.5. The number of hydrogen-bond donors (Lipinski definition) is 0. The summed E-state index contributed by atoms with van der Waals surface area (Å²) < 4.78 is 7.43. The molecular weight excluding hydrogens is 458 g/mol. The summed E-state index contributed by atoms with van der Waals surface area (Å²) in [6.45, 7) is 10.7. The summed E-state index contributed by atoms with van der Waals surface area (Å²) in [5.41, 5.74) is 4.70. The number of thiazole rings is 1. The summed E-state index contributed by atoms with van der Waals surface area (Å²) in [5, 5.41) is 3.06. The Hall–Kier alpha value is -2.93. The Bertz CT molecular complexity index is 1160. The van der Waals surface area contributed by atoms with Crippen LogP contribution in [0.25, 0.3) is 22.0 Å². The maximum absolute atomic E-state index is 13.6. The van der Waals surface area contributed by atoms with Gasteiger partial charge in [0.2, 0.25) is 0 Å². The zero-order valence-corrected chi connectivity index (χ0v) is 21.9. The third-order valence-electron chi connectivity index (χ3n) is 6.72. The molecule has 3 aromatic rings. The highest BCUT2D eigenvalue weighted by Gasteiger charge is 2.30. The zero-order valence-electron chi connectivity index (χ0n) is 21.1. The van der Waals surface area contributed by atoms with E-state index in [9.17, 15) is 9.59 Å². The Morgan fingerprint density at radius 1 is 1.17 bits per heavy atom. The Kier molecular flexibility index (Phi) is 8.06. The van der Waals surface area contributed by atoms with Gasteiger partial charge in [0, 0.05) is 36.3 Å². The van der Waals surface area contributed by atoms with Crippen LogP contribution in [0.1, 0.15) is 56.1 Å². The molecule has 7 heteroatoms. The number of esters is 1. The first-order chi connectivity index (χ1) is 16.9. The monoisotopic (exact) mass is 493 g/mol. The standard InChI is InChI=1S/C28H35N3O3S/c1-5-34-28(33)22-12-14-30(15-13-22)27(32)23-17-25(31(20(23)4)16-11-19(2)3)24-18-35-26(29-24)21-9-7-6-8-10-21/h6-10,17-19,22H,5,11-16H2,1-4H3. The number of nitrogens with zero attached hydrogens (tertiary/aromatic N) is 3. The highest BCUT2D eigenvalue weighted by Crippen LogP contribution is 2.33. The Labute approximate surface area is 211 Å². The minimum Gasteiger partial charge on any atom is -0.466 e. The summed E-state index contributed by atoms with van der Waals surface area (Å²) >= 11 is 1.63. The topological polar surface area (TPSA) is 64.4 Å². The third-order valence-corrected chi connectivity index (χ3v) is 7.61. The van der Waals surface area contributed by atoms with Crippen LogP contribution in [0.15, 0.2) is 41.8 Å². The molecule has 1 aromatic carbocycles. The number of ether oxygens (including phenoxy) is 1. The van der Waals surface area contributed by atoms with Gasteiger partial charge in [-0.2, -0.15) is 0 Å². The molecular formula is C28H35N3O3S. The number of piperidine rings is 1. The molecule has 1 saturated heterocycles. The van der Waals surface area contributed by atoms with Crippen LogP contribution in [0, 0.1) is 18.8 Å². The second kappa shape index (κ2) is 11.2. The first kappa shape index (κ1) is 25.2. The van der Waals surface area contributed by atoms with Crippen LogP contribution in [0.2, 0.25) is 0 Å². The lowest BCUT2D eigenvalue weighted by Gasteiger charge is -2.31. The minimum absolute atomic E-state index is 0.0351. The van der Waals surface area contributed by atoms with Crippen molar-refractivity contribution in [2.75, 3.05) is 19.7 Å². The van der Waals surface area contributed by atoms with Gasteiger partial charge < -0.3 is 14.2 Å². The number of hydrogen-bond acceptors (Lipinski definition) is 5. The van der Waals surface area contributed by atoms with E-state index in [1.165, 1.54) is 0 Å². The Balaban J connectivity index is 1.59. The van der Waals surface area contributed by atoms with E-state index < -0.39 is 0 Å². The van der Waals surface area contributed by atoms with Gasteiger partial charge in [0.05, 0.1) is 29.5 Å². The quantitative estimate of drug-likeness (QED) is 0.359. The van der Waals surface area contributed by atoms with Gasteiger partial charge >= 0.3 is 5.97 Å². The second-order valence-electron chi connectivity index (χ2n) is 9.59. The predicted octanol–water partition coefficient (Wildman–Crippen LogP) is 6.05. The number of carbonyl (C=O) groups is 2. The fourth-order valence-electron chi connectivity index (χ4n) is 4.60. The smallest absolute Gasteiger partial charge is 0.309 e. The van der Waals surface area contributed by atoms with Gasteiger partial charge in [-0.3, -0.25) is 9.59 Å². The lowest BCUT2D eigenvalue weighted by molar-refractivity contribution is -0.149. The lowest BCUT2D eigenvalue weighted by atomic mass is 9.96. The van der Waals surface area contributed by atoms with Gasteiger partial charge in [-0.25, -0.2) is 4.98 Å². The van der Waals surface area contributed by atoms with Gasteiger partial charge in [-0.1, -0.05) is 44.2 Å². The van der Waals surface area contributed by atoms with Gasteiger partial charge in [-0.05, 0) is 45.1 Å². The molecule has 4 rings (SSSR count). The van der Waals surface area contributed by atoms with Crippen LogP contribution in [-0.2, 0) is 16.1 Å². The van der Waals surface area contributed by atoms with E-state index in [4.69, 9.17) is 9.72 Å². The largest absolute Gasteiger partial charge is 0.466 e. The van der Waals surface area contributed by atoms with Crippen molar-refractivity contribution in [2.24, 2.45) is 11.8 Å². The molecule has 0 atom stereocenters. The number of benzene rings is 1. The van der Waals surface area contributed by atoms with Crippen molar-refractivity contribution >= 4 is 23.2 Å². The fraction of sp³-hybridized carbons (Fsp3) is 0.464. The van der Waals surface area contributed by atoms with Crippen LogP contribution in [0.4, 0.5) is 0 Å². The fourth-order valence-corrected chi connectivity index (χ4v) is 5.42. The molecule has 0 N–H and O–H groups in total. The maximum atomic E-state index is 13.6. The lowest BCUT2D eigenvalue weighted by Crippen LogP contribution is -2.40. The summed E-state index contributed by atoms with van der Waals surface area (Å²) in [4.78, 5) is 32.5. The molecule has 0 bridgehead atoms. The van der Waals surface area contributed by atoms with Crippen LogP contribution in [-0.4, -0.2) is 46.0 Å². The number of aromatic nitrogens is 2. The molecule has 6 nitrogen and oxygen atoms in total. The molecule has 3 heterocycles. The highest BCUT2D eigenvalue weighted by molar-refractivity contribution is 7.13. The van der Waals surface area contributed by atoms with Crippen LogP contribution in [0.3, 0.4) is 0 Å². The average Bonchev–Trinajstić information content (AvgIpc) is 3.48. The summed E-state index contributed by atoms with van der Waals surface area (Å²) in [6, 6.07) is 12.2. The van der Waals surface area contributed by atoms with Crippen molar-refractivity contribution < 1.29 is 14.3 Å². The van der Waals surface area contributed by atoms with Crippen molar-refractivity contribution in [3.05, 3.63) is 53.0 Å². The van der Waals surface area contributed by atoms with Crippen molar-refractivity contribution in [2.45, 2.75) is 53.5 Å². The second-order valence-corrected chi connectivity index (χ2v) is 10.4. The van der Waals surface area contributed by atoms with E-state index in [0.29, 0.717) is 38.5 Å². The molecule has 0 aliphatic carbocycles. The van der Waals surface area contributed by atoms with E-state index in [-0.39, 0.29) is 17.8 Å². The molecule has 35 heavy (non-hydrogen) atoms. The molecule has 1 aliphatic heterocycles. The summed E-state index contributed by atoms with van der Waals surface area (Å²) in [6.07, 6.45) is 2.32. The summed E-state index contributed by atoms with van der Waals surface area (Å²) in [5.74, 6) is 0.335. The van der Waals surface area contributed by atoms with Crippen molar-refractivity contribution in [1.29, 1.82) is 0 Å². The van der Waals surface area contributed by atoms with E-state index in [1.807, 2.05) is 43.0 Å². The molecule has 1 aliphatic rings. The van der Waals surface area contributed by atoms with Gasteiger partial charge in [0.25, 0.3) is 5.91 Å². The number of carbonyl (C=O) groups excluding carboxylic acids is 2.